The summed E-state index contributed by atoms with van der Waals surface area (Å²) in [6.07, 6.45) is 4.20. The predicted molar refractivity (Wildman–Crippen MR) is 99.6 cm³/mol. The van der Waals surface area contributed by atoms with E-state index >= 15 is 0 Å². The summed E-state index contributed by atoms with van der Waals surface area (Å²) in [5.74, 6) is -0.626. The summed E-state index contributed by atoms with van der Waals surface area (Å²) in [5.41, 5.74) is -0.151. The number of benzene rings is 1. The van der Waals surface area contributed by atoms with Crippen molar-refractivity contribution in [1.82, 2.24) is 10.2 Å². The third kappa shape index (κ3) is 4.42. The van der Waals surface area contributed by atoms with Crippen molar-refractivity contribution in [1.29, 1.82) is 0 Å². The van der Waals surface area contributed by atoms with Crippen molar-refractivity contribution in [3.63, 3.8) is 0 Å². The van der Waals surface area contributed by atoms with Gasteiger partial charge in [-0.1, -0.05) is 6.07 Å². The van der Waals surface area contributed by atoms with Crippen molar-refractivity contribution in [3.05, 3.63) is 47.7 Å². The van der Waals surface area contributed by atoms with Crippen LogP contribution in [0.4, 0.5) is 8.78 Å². The Balaban J connectivity index is 1.28. The van der Waals surface area contributed by atoms with E-state index in [1.165, 1.54) is 31.0 Å². The molecule has 1 heterocycles. The molecule has 1 aromatic heterocycles. The monoisotopic (exact) mass is 390 g/mol. The maximum Gasteiger partial charge on any atom is 0.317 e. The van der Waals surface area contributed by atoms with Gasteiger partial charge < -0.3 is 14.8 Å². The average molecular weight is 390 g/mol. The predicted octanol–water partition coefficient (Wildman–Crippen LogP) is 3.64. The van der Waals surface area contributed by atoms with E-state index in [2.05, 4.69) is 10.2 Å². The third-order valence-electron chi connectivity index (χ3n) is 5.59. The van der Waals surface area contributed by atoms with Gasteiger partial charge in [-0.2, -0.15) is 0 Å². The second-order valence-electron chi connectivity index (χ2n) is 7.83. The quantitative estimate of drug-likeness (QED) is 0.684. The standard InChI is InChI=1S/C21H24F2N2O3/c22-17-2-1-3-18(23)21(17)19-7-6-16(28-19)10-24-14-8-15(9-14)25(12-20(26)27)11-13-4-5-13/h1-3,6-7,13-15,24H,4-5,8-12H2,(H,26,27). The number of furan rings is 1. The zero-order valence-corrected chi connectivity index (χ0v) is 15.5. The minimum absolute atomic E-state index is 0.101. The fraction of sp³-hybridized carbons (Fsp3) is 0.476. The van der Waals surface area contributed by atoms with Crippen LogP contribution in [-0.4, -0.2) is 41.1 Å². The topological polar surface area (TPSA) is 65.7 Å². The van der Waals surface area contributed by atoms with Gasteiger partial charge in [-0.3, -0.25) is 9.69 Å². The number of hydrogen-bond donors (Lipinski definition) is 2. The number of carboxylic acid groups (broad SMARTS) is 1. The summed E-state index contributed by atoms with van der Waals surface area (Å²) in [6, 6.07) is 7.62. The summed E-state index contributed by atoms with van der Waals surface area (Å²) in [7, 11) is 0. The van der Waals surface area contributed by atoms with Crippen LogP contribution in [-0.2, 0) is 11.3 Å². The largest absolute Gasteiger partial charge is 0.480 e. The molecule has 150 valence electrons. The Hall–Kier alpha value is -2.25. The molecular formula is C21H24F2N2O3. The first-order valence-corrected chi connectivity index (χ1v) is 9.72. The average Bonchev–Trinajstić information content (AvgIpc) is 3.29. The van der Waals surface area contributed by atoms with Crippen LogP contribution in [0.5, 0.6) is 0 Å². The molecule has 2 aromatic rings. The Labute approximate surface area is 162 Å². The van der Waals surface area contributed by atoms with Crippen LogP contribution in [0.25, 0.3) is 11.3 Å². The highest BCUT2D eigenvalue weighted by Gasteiger charge is 2.36. The van der Waals surface area contributed by atoms with Crippen molar-refractivity contribution in [2.24, 2.45) is 5.92 Å². The number of aliphatic carboxylic acids is 1. The molecule has 4 rings (SSSR count). The highest BCUT2D eigenvalue weighted by molar-refractivity contribution is 5.69. The maximum absolute atomic E-state index is 13.9. The van der Waals surface area contributed by atoms with E-state index in [1.807, 2.05) is 0 Å². The molecule has 0 amide bonds. The Morgan fingerprint density at radius 1 is 1.18 bits per heavy atom. The number of nitrogens with zero attached hydrogens (tertiary/aromatic N) is 1. The molecule has 7 heteroatoms. The Bertz CT molecular complexity index is 824. The van der Waals surface area contributed by atoms with Gasteiger partial charge in [0, 0.05) is 18.6 Å². The number of halogens is 2. The molecule has 0 aliphatic heterocycles. The van der Waals surface area contributed by atoms with Gasteiger partial charge in [-0.15, -0.1) is 0 Å². The third-order valence-corrected chi connectivity index (χ3v) is 5.59. The number of carboxylic acids is 1. The molecule has 0 saturated heterocycles. The fourth-order valence-electron chi connectivity index (χ4n) is 3.79. The second-order valence-corrected chi connectivity index (χ2v) is 7.83. The van der Waals surface area contributed by atoms with Crippen molar-refractivity contribution in [3.8, 4) is 11.3 Å². The molecule has 28 heavy (non-hydrogen) atoms. The lowest BCUT2D eigenvalue weighted by molar-refractivity contribution is -0.139. The van der Waals surface area contributed by atoms with Crippen LogP contribution in [0, 0.1) is 17.6 Å². The fourth-order valence-corrected chi connectivity index (χ4v) is 3.79. The van der Waals surface area contributed by atoms with E-state index in [0.29, 0.717) is 30.3 Å². The van der Waals surface area contributed by atoms with Gasteiger partial charge in [0.1, 0.15) is 23.2 Å². The maximum atomic E-state index is 13.9. The number of rotatable bonds is 9. The number of nitrogens with one attached hydrogen (secondary N) is 1. The summed E-state index contributed by atoms with van der Waals surface area (Å²) in [6.45, 7) is 1.44. The lowest BCUT2D eigenvalue weighted by Crippen LogP contribution is -2.54. The Morgan fingerprint density at radius 3 is 2.54 bits per heavy atom. The second kappa shape index (κ2) is 8.01. The zero-order valence-electron chi connectivity index (χ0n) is 15.5. The first-order valence-electron chi connectivity index (χ1n) is 9.72. The Morgan fingerprint density at radius 2 is 1.89 bits per heavy atom. The molecule has 0 bridgehead atoms. The highest BCUT2D eigenvalue weighted by Crippen LogP contribution is 2.34. The normalized spacial score (nSPS) is 21.7. The van der Waals surface area contributed by atoms with E-state index in [-0.39, 0.29) is 17.9 Å². The molecule has 1 aromatic carbocycles. The molecule has 2 aliphatic rings. The zero-order chi connectivity index (χ0) is 19.7. The summed E-state index contributed by atoms with van der Waals surface area (Å²) >= 11 is 0. The summed E-state index contributed by atoms with van der Waals surface area (Å²) in [4.78, 5) is 13.2. The smallest absolute Gasteiger partial charge is 0.317 e. The van der Waals surface area contributed by atoms with Crippen molar-refractivity contribution in [2.75, 3.05) is 13.1 Å². The number of hydrogen-bond acceptors (Lipinski definition) is 4. The lowest BCUT2D eigenvalue weighted by atomic mass is 9.85. The molecule has 2 aliphatic carbocycles. The van der Waals surface area contributed by atoms with Crippen molar-refractivity contribution in [2.45, 2.75) is 44.3 Å². The molecule has 0 radical (unpaired) electrons. The van der Waals surface area contributed by atoms with Gasteiger partial charge in [0.15, 0.2) is 0 Å². The van der Waals surface area contributed by atoms with Crippen LogP contribution in [0.1, 0.15) is 31.4 Å². The van der Waals surface area contributed by atoms with E-state index < -0.39 is 17.6 Å². The van der Waals surface area contributed by atoms with Gasteiger partial charge in [0.25, 0.3) is 0 Å². The van der Waals surface area contributed by atoms with Gasteiger partial charge in [-0.25, -0.2) is 8.78 Å². The molecule has 2 fully saturated rings. The molecule has 5 nitrogen and oxygen atoms in total. The highest BCUT2D eigenvalue weighted by atomic mass is 19.1. The van der Waals surface area contributed by atoms with Crippen LogP contribution in [0.15, 0.2) is 34.7 Å². The van der Waals surface area contributed by atoms with E-state index in [4.69, 9.17) is 9.52 Å². The van der Waals surface area contributed by atoms with Crippen LogP contribution in [0.2, 0.25) is 0 Å². The molecule has 0 spiro atoms. The SMILES string of the molecule is O=C(O)CN(CC1CC1)C1CC(NCc2ccc(-c3c(F)cccc3F)o2)C1. The van der Waals surface area contributed by atoms with Gasteiger partial charge in [0.2, 0.25) is 0 Å². The molecule has 2 N–H and O–H groups in total. The number of carbonyl (C=O) groups is 1. The minimum atomic E-state index is -0.777. The first kappa shape index (κ1) is 19.1. The molecule has 0 unspecified atom stereocenters. The molecular weight excluding hydrogens is 366 g/mol. The molecule has 0 atom stereocenters. The summed E-state index contributed by atoms with van der Waals surface area (Å²) < 4.78 is 33.3. The summed E-state index contributed by atoms with van der Waals surface area (Å²) in [5, 5.41) is 12.5. The van der Waals surface area contributed by atoms with Gasteiger partial charge in [0.05, 0.1) is 18.7 Å². The molecule has 2 saturated carbocycles. The Kier molecular flexibility index (Phi) is 5.46. The lowest BCUT2D eigenvalue weighted by Gasteiger charge is -2.42. The van der Waals surface area contributed by atoms with Crippen molar-refractivity contribution >= 4 is 5.97 Å². The van der Waals surface area contributed by atoms with E-state index in [9.17, 15) is 13.6 Å². The van der Waals surface area contributed by atoms with Gasteiger partial charge in [-0.05, 0) is 55.9 Å². The van der Waals surface area contributed by atoms with Crippen LogP contribution >= 0.6 is 0 Å². The van der Waals surface area contributed by atoms with Crippen molar-refractivity contribution < 1.29 is 23.1 Å². The van der Waals surface area contributed by atoms with Crippen LogP contribution < -0.4 is 5.32 Å². The first-order chi connectivity index (χ1) is 13.5. The van der Waals surface area contributed by atoms with E-state index in [0.717, 1.165) is 19.4 Å². The van der Waals surface area contributed by atoms with Crippen LogP contribution in [0.3, 0.4) is 0 Å². The minimum Gasteiger partial charge on any atom is -0.480 e. The van der Waals surface area contributed by atoms with Gasteiger partial charge >= 0.3 is 5.97 Å². The van der Waals surface area contributed by atoms with E-state index in [1.54, 1.807) is 12.1 Å².